The van der Waals surface area contributed by atoms with E-state index in [0.29, 0.717) is 0 Å². The molecule has 4 fully saturated rings. The number of hydrogen-bond donors (Lipinski definition) is 0. The van der Waals surface area contributed by atoms with Crippen molar-refractivity contribution in [3.05, 3.63) is 394 Å². The van der Waals surface area contributed by atoms with Crippen LogP contribution in [0.4, 0.5) is 9.15 Å². The predicted molar refractivity (Wildman–Crippen MR) is 548 cm³/mol. The number of hydrogen-bond acceptors (Lipinski definition) is 4. The third-order valence-corrected chi connectivity index (χ3v) is 28.5. The van der Waals surface area contributed by atoms with Gasteiger partial charge in [-0.05, 0) is 279 Å². The first kappa shape index (κ1) is 93.7. The number of terminal acetylenes is 4. The van der Waals surface area contributed by atoms with Crippen molar-refractivity contribution >= 4 is 69.2 Å². The Hall–Kier alpha value is -12.5. The molecule has 13 aromatic carbocycles. The fourth-order valence-electron chi connectivity index (χ4n) is 22.5. The van der Waals surface area contributed by atoms with Gasteiger partial charge in [0.1, 0.15) is 23.3 Å². The molecule has 21 rings (SSSR count). The van der Waals surface area contributed by atoms with Crippen molar-refractivity contribution in [2.45, 2.75) is 183 Å². The number of nitrogens with zero attached hydrogens (tertiary/aromatic N) is 8. The molecular weight excluding hydrogens is 1680 g/mol. The van der Waals surface area contributed by atoms with E-state index in [1.165, 1.54) is 56.5 Å². The Morgan fingerprint density at radius 1 is 0.271 bits per heavy atom. The molecule has 660 valence electrons. The van der Waals surface area contributed by atoms with E-state index >= 15 is 0 Å². The summed E-state index contributed by atoms with van der Waals surface area (Å²) in [6, 6.07) is 118. The van der Waals surface area contributed by atoms with E-state index in [9.17, 15) is 0 Å². The molecule has 0 amide bonds. The van der Waals surface area contributed by atoms with Gasteiger partial charge < -0.3 is 19.7 Å². The average Bonchev–Trinajstić information content (AvgIpc) is 0.800. The summed E-state index contributed by atoms with van der Waals surface area (Å²) < 4.78 is 25.8. The second-order valence-electron chi connectivity index (χ2n) is 36.6. The van der Waals surface area contributed by atoms with Gasteiger partial charge in [-0.25, -0.2) is 19.9 Å². The standard InChI is InChI=1S/C110H96N8.C10H13Cl.F2.Na.H2S.H/c1-5-79-41-61-99-95(69-79)111-103(115(99)65-25-21-37-83-29-13-9-14-30-83)87-45-53-91(54-46-87)107-73-108(92-55-47-88(48-56-92)104-112-96-70-80(6-2)42-62-100(96)116(104)66-26-22-38-84-31-15-10-16-32-84)76-109(74-107,93-57-49-89(50-58-93)105-113-97-71-81(7-3)43-63-101(97)117(105)67-27-23-39-85-33-17-11-18-34-85)78-110(75-107,77-108)94-59-51-90(52-60-94)106-114-98-72-82(8-4)44-64-102(98)118(106)68-28-24-40-86-35-19-12-20-36-86;11-9-5-4-8-10-6-2-1-3-7-10;1-2;;;/h1-4,9-20,29-36,41-64,69-72H,21-28,37-40,65-68,73-78H2;1-3,6-7H,4-5,8-9H2;;;1H2;/q;;;+1;;-1. The normalized spacial score (nSPS) is 16.8. The third kappa shape index (κ3) is 20.4. The molecule has 8 nitrogen and oxygen atoms in total. The molecule has 0 N–H and O–H groups in total. The average molecular weight is 1790 g/mol. The summed E-state index contributed by atoms with van der Waals surface area (Å²) in [6.07, 6.45) is 46.2. The molecule has 0 unspecified atom stereocenters. The van der Waals surface area contributed by atoms with E-state index in [4.69, 9.17) is 66.4 Å². The first-order chi connectivity index (χ1) is 64.5. The van der Waals surface area contributed by atoms with Crippen molar-refractivity contribution in [1.82, 2.24) is 38.2 Å². The van der Waals surface area contributed by atoms with Crippen molar-refractivity contribution < 1.29 is 40.1 Å². The van der Waals surface area contributed by atoms with E-state index < -0.39 is 0 Å². The van der Waals surface area contributed by atoms with Crippen LogP contribution >= 0.6 is 25.1 Å². The maximum Gasteiger partial charge on any atom is 1.00 e. The van der Waals surface area contributed by atoms with Gasteiger partial charge in [0.05, 0.1) is 44.1 Å². The van der Waals surface area contributed by atoms with Crippen LogP contribution in [-0.4, -0.2) is 44.1 Å². The Kier molecular flexibility index (Phi) is 30.3. The second-order valence-corrected chi connectivity index (χ2v) is 37.0. The molecule has 0 saturated heterocycles. The Bertz CT molecular complexity index is 6180. The molecule has 17 aromatic rings. The molecule has 13 heteroatoms. The summed E-state index contributed by atoms with van der Waals surface area (Å²) in [5, 5.41) is 0. The number of rotatable bonds is 32. The van der Waals surface area contributed by atoms with Gasteiger partial charge in [-0.15, -0.1) is 37.3 Å². The van der Waals surface area contributed by atoms with Crippen molar-refractivity contribution in [1.29, 1.82) is 0 Å². The van der Waals surface area contributed by atoms with Crippen molar-refractivity contribution in [2.75, 3.05) is 5.88 Å². The van der Waals surface area contributed by atoms with E-state index in [1.807, 2.05) is 6.07 Å². The topological polar surface area (TPSA) is 71.3 Å². The summed E-state index contributed by atoms with van der Waals surface area (Å²) in [5.74, 6) is 16.2. The summed E-state index contributed by atoms with van der Waals surface area (Å²) in [4.78, 5) is 21.9. The fourth-order valence-corrected chi connectivity index (χ4v) is 22.6. The van der Waals surface area contributed by atoms with Crippen molar-refractivity contribution in [3.63, 3.8) is 0 Å². The van der Waals surface area contributed by atoms with Gasteiger partial charge in [0, 0.05) is 85.7 Å². The predicted octanol–water partition coefficient (Wildman–Crippen LogP) is 25.5. The van der Waals surface area contributed by atoms with E-state index in [1.54, 1.807) is 0 Å². The zero-order valence-corrected chi connectivity index (χ0v) is 79.8. The third-order valence-electron chi connectivity index (χ3n) is 28.2. The number of aryl methyl sites for hydroxylation is 9. The maximum atomic E-state index is 8.00. The van der Waals surface area contributed by atoms with E-state index in [0.717, 1.165) is 272 Å². The van der Waals surface area contributed by atoms with Crippen molar-refractivity contribution in [2.24, 2.45) is 0 Å². The van der Waals surface area contributed by atoms with Gasteiger partial charge in [0.2, 0.25) is 0 Å². The first-order valence-electron chi connectivity index (χ1n) is 46.7. The summed E-state index contributed by atoms with van der Waals surface area (Å²) in [5.41, 5.74) is 27.1. The van der Waals surface area contributed by atoms with Gasteiger partial charge in [0.15, 0.2) is 0 Å². The summed E-state index contributed by atoms with van der Waals surface area (Å²) in [6.45, 7) is 3.35. The quantitative estimate of drug-likeness (QED) is 0.0182. The molecule has 4 bridgehead atoms. The Labute approximate surface area is 818 Å². The molecule has 4 aromatic heterocycles. The molecule has 4 heterocycles. The molecule has 4 aliphatic carbocycles. The minimum atomic E-state index is -0.282. The van der Waals surface area contributed by atoms with E-state index in [-0.39, 0.29) is 66.1 Å². The fraction of sp³-hybridized carbons (Fsp3) is 0.250. The molecule has 0 radical (unpaired) electrons. The van der Waals surface area contributed by atoms with Crippen LogP contribution in [0.15, 0.2) is 322 Å². The van der Waals surface area contributed by atoms with Gasteiger partial charge in [-0.2, -0.15) is 13.5 Å². The van der Waals surface area contributed by atoms with Crippen LogP contribution in [0.3, 0.4) is 0 Å². The van der Waals surface area contributed by atoms with Crippen LogP contribution in [0.1, 0.15) is 176 Å². The van der Waals surface area contributed by atoms with Gasteiger partial charge in [-0.3, -0.25) is 0 Å². The van der Waals surface area contributed by atoms with Crippen LogP contribution in [-0.2, 0) is 79.9 Å². The van der Waals surface area contributed by atoms with Crippen LogP contribution in [0.2, 0.25) is 0 Å². The SMILES string of the molecule is C#Cc1ccc2c(c1)nc(-c1ccc(C34CC5(c6ccc(-c7nc8cc(C#C)ccc8n7CCCCc7ccccc7)cc6)CC(c6ccc(-c7nc8cc(C#C)ccc8n7CCCCc7ccccc7)cc6)(C3)CC(c3ccc(-c6nc7cc(C#C)ccc7n6CCCCc6ccccc6)cc3)(C4)C5)cc1)n2CCCCc1ccccc1.ClCCCCc1ccccc1.FF.S.[H-].[Na+]. The van der Waals surface area contributed by atoms with Crippen LogP contribution < -0.4 is 29.6 Å². The zero-order valence-electron chi connectivity index (χ0n) is 77.0. The molecule has 4 aliphatic rings. The number of aromatic nitrogens is 8. The molecule has 0 atom stereocenters. The monoisotopic (exact) mass is 1790 g/mol. The minimum Gasteiger partial charge on any atom is -1.00 e. The Morgan fingerprint density at radius 2 is 0.466 bits per heavy atom. The summed E-state index contributed by atoms with van der Waals surface area (Å²) >= 11 is 5.57. The Morgan fingerprint density at radius 3 is 0.654 bits per heavy atom. The number of benzene rings is 13. The van der Waals surface area contributed by atoms with Gasteiger partial charge in [-0.1, -0.05) is 272 Å². The number of imidazole rings is 4. The molecular formula is C120H112ClF2N8NaS. The van der Waals surface area contributed by atoms with Crippen LogP contribution in [0.25, 0.3) is 89.7 Å². The maximum absolute atomic E-state index is 8.00. The minimum absolute atomic E-state index is 0. The largest absolute Gasteiger partial charge is 1.00 e. The second kappa shape index (κ2) is 43.0. The van der Waals surface area contributed by atoms with Crippen LogP contribution in [0.5, 0.6) is 0 Å². The molecule has 0 spiro atoms. The van der Waals surface area contributed by atoms with Crippen LogP contribution in [0, 0.1) is 49.4 Å². The molecule has 4 saturated carbocycles. The Balaban J connectivity index is 0.000000795. The number of halogens is 3. The number of alkyl halides is 1. The number of fused-ring (bicyclic) bond motifs is 4. The summed E-state index contributed by atoms with van der Waals surface area (Å²) in [7, 11) is 0. The molecule has 133 heavy (non-hydrogen) atoms. The van der Waals surface area contributed by atoms with E-state index in [2.05, 4.69) is 357 Å². The van der Waals surface area contributed by atoms with Gasteiger partial charge in [0.25, 0.3) is 0 Å². The first-order valence-corrected chi connectivity index (χ1v) is 47.2. The smallest absolute Gasteiger partial charge is 1.00 e. The van der Waals surface area contributed by atoms with Crippen molar-refractivity contribution in [3.8, 4) is 94.9 Å². The molecule has 0 aliphatic heterocycles. The number of unbranched alkanes of at least 4 members (excludes halogenated alkanes) is 5. The zero-order chi connectivity index (χ0) is 89.6. The van der Waals surface area contributed by atoms with Gasteiger partial charge >= 0.3 is 29.6 Å².